The zero-order valence-electron chi connectivity index (χ0n) is 43.7. The summed E-state index contributed by atoms with van der Waals surface area (Å²) in [6.45, 7) is 0. The highest BCUT2D eigenvalue weighted by Gasteiger charge is 2.25. The quantitative estimate of drug-likeness (QED) is 0.139. The van der Waals surface area contributed by atoms with Crippen LogP contribution in [-0.2, 0) is 0 Å². The van der Waals surface area contributed by atoms with Gasteiger partial charge in [0.05, 0.1) is 43.5 Å². The molecule has 0 atom stereocenters. The van der Waals surface area contributed by atoms with Crippen LogP contribution in [0.2, 0.25) is 15.1 Å². The minimum absolute atomic E-state index is 0.503. The first-order valence-corrected chi connectivity index (χ1v) is 27.6. The van der Waals surface area contributed by atoms with Gasteiger partial charge in [0.2, 0.25) is 0 Å². The molecule has 9 heteroatoms. The van der Waals surface area contributed by atoms with Crippen molar-refractivity contribution in [3.63, 3.8) is 0 Å². The van der Waals surface area contributed by atoms with E-state index in [1.165, 1.54) is 0 Å². The summed E-state index contributed by atoms with van der Waals surface area (Å²) in [4.78, 5) is 6.45. The number of fused-ring (bicyclic) bond motifs is 4. The number of nitrogens with zero attached hydrogens (tertiary/aromatic N) is 3. The van der Waals surface area contributed by atoms with E-state index in [1.807, 2.05) is 182 Å². The molecule has 0 amide bonds. The third-order valence-electron chi connectivity index (χ3n) is 13.8. The van der Waals surface area contributed by atoms with Crippen molar-refractivity contribution in [2.24, 2.45) is 0 Å². The summed E-state index contributed by atoms with van der Waals surface area (Å²) in [6, 6.07) is 98.2. The Morgan fingerprint density at radius 1 is 0.272 bits per heavy atom. The fourth-order valence-corrected chi connectivity index (χ4v) is 10.7. The van der Waals surface area contributed by atoms with Gasteiger partial charge in [0, 0.05) is 44.9 Å². The molecule has 2 aromatic heterocycles. The van der Waals surface area contributed by atoms with Crippen molar-refractivity contribution < 1.29 is 8.83 Å². The van der Waals surface area contributed by atoms with Crippen LogP contribution in [0.4, 0.5) is 62.6 Å². The number of furan rings is 2. The van der Waals surface area contributed by atoms with Crippen molar-refractivity contribution in [1.29, 1.82) is 0 Å². The topological polar surface area (TPSA) is 48.0 Å². The molecule has 0 aliphatic heterocycles. The lowest BCUT2D eigenvalue weighted by Gasteiger charge is -2.30. The second kappa shape index (κ2) is 24.1. The molecule has 2 heterocycles. The lowest BCUT2D eigenvalue weighted by atomic mass is 10.1. The van der Waals surface area contributed by atoms with Gasteiger partial charge in [-0.1, -0.05) is 205 Å². The van der Waals surface area contributed by atoms with Crippen LogP contribution in [0, 0.1) is 0 Å². The lowest BCUT2D eigenvalue weighted by molar-refractivity contribution is 0.616. The molecule has 1 N–H and O–H groups in total. The Hall–Kier alpha value is -9.69. The minimum atomic E-state index is 0.503. The van der Waals surface area contributed by atoms with Gasteiger partial charge in [-0.3, -0.25) is 0 Å². The maximum Gasteiger partial charge on any atom is 0.136 e. The van der Waals surface area contributed by atoms with Crippen molar-refractivity contribution in [2.45, 2.75) is 0 Å². The van der Waals surface area contributed by atoms with E-state index in [2.05, 4.69) is 129 Å². The molecule has 0 aliphatic rings. The fraction of sp³-hybridized carbons (Fsp3) is 0. The summed E-state index contributed by atoms with van der Waals surface area (Å²) in [7, 11) is 0. The van der Waals surface area contributed by atoms with E-state index < -0.39 is 0 Å². The average molecular weight is 1110 g/mol. The molecule has 14 aromatic rings. The van der Waals surface area contributed by atoms with E-state index in [0.29, 0.717) is 15.1 Å². The Balaban J connectivity index is 0.000000137. The van der Waals surface area contributed by atoms with E-state index in [1.54, 1.807) is 12.3 Å². The van der Waals surface area contributed by atoms with Crippen molar-refractivity contribution in [3.05, 3.63) is 319 Å². The van der Waals surface area contributed by atoms with Crippen molar-refractivity contribution >= 4 is 141 Å². The molecule has 0 radical (unpaired) electrons. The van der Waals surface area contributed by atoms with Crippen molar-refractivity contribution in [1.82, 2.24) is 0 Å². The second-order valence-electron chi connectivity index (χ2n) is 19.0. The summed E-state index contributed by atoms with van der Waals surface area (Å²) in [5.74, 6) is 0. The molecule has 0 aliphatic carbocycles. The molecular weight excluding hydrogens is 1060 g/mol. The van der Waals surface area contributed by atoms with Gasteiger partial charge in [0.15, 0.2) is 0 Å². The molecule has 0 saturated heterocycles. The van der Waals surface area contributed by atoms with Gasteiger partial charge in [-0.05, 0) is 143 Å². The molecular formula is C72H51Cl3N4O2. The number of benzene rings is 12. The average Bonchev–Trinajstić information content (AvgIpc) is 4.31. The number of anilines is 11. The van der Waals surface area contributed by atoms with Crippen LogP contribution in [0.25, 0.3) is 43.5 Å². The molecule has 0 bridgehead atoms. The smallest absolute Gasteiger partial charge is 0.136 e. The maximum absolute atomic E-state index is 7.40. The van der Waals surface area contributed by atoms with Crippen LogP contribution in [0.15, 0.2) is 313 Å². The second-order valence-corrected chi connectivity index (χ2v) is 20.2. The van der Waals surface area contributed by atoms with Crippen molar-refractivity contribution in [2.75, 3.05) is 20.0 Å². The van der Waals surface area contributed by atoms with Crippen LogP contribution in [-0.4, -0.2) is 0 Å². The predicted molar refractivity (Wildman–Crippen MR) is 343 cm³/mol. The summed E-state index contributed by atoms with van der Waals surface area (Å²) in [5, 5.41) is 11.6. The zero-order chi connectivity index (χ0) is 54.9. The largest absolute Gasteiger partial charge is 0.462 e. The van der Waals surface area contributed by atoms with E-state index in [4.69, 9.17) is 43.6 Å². The van der Waals surface area contributed by atoms with Crippen LogP contribution in [0.3, 0.4) is 0 Å². The van der Waals surface area contributed by atoms with E-state index >= 15 is 0 Å². The predicted octanol–water partition coefficient (Wildman–Crippen LogP) is 23.0. The highest BCUT2D eigenvalue weighted by atomic mass is 35.5. The van der Waals surface area contributed by atoms with Gasteiger partial charge in [0.1, 0.15) is 23.7 Å². The number of nitrogens with one attached hydrogen (secondary N) is 1. The molecule has 0 fully saturated rings. The number of halogens is 3. The van der Waals surface area contributed by atoms with E-state index in [9.17, 15) is 0 Å². The zero-order valence-corrected chi connectivity index (χ0v) is 45.9. The summed E-state index contributed by atoms with van der Waals surface area (Å²) in [6.07, 6.45) is 3.60. The Morgan fingerprint density at radius 2 is 0.580 bits per heavy atom. The molecule has 12 aromatic carbocycles. The van der Waals surface area contributed by atoms with Crippen LogP contribution >= 0.6 is 34.8 Å². The van der Waals surface area contributed by atoms with Gasteiger partial charge in [-0.2, -0.15) is 0 Å². The first-order chi connectivity index (χ1) is 39.9. The monoisotopic (exact) mass is 1110 g/mol. The normalized spacial score (nSPS) is 10.9. The van der Waals surface area contributed by atoms with Gasteiger partial charge >= 0.3 is 0 Å². The standard InChI is InChI=1S/C36H25ClN2O.C24H15Cl2NO.C12H11N/c37-36-32(38(28-15-4-1-5-16-28)29-17-6-2-7-18-29)21-12-22-33(36)39(30-19-8-3-9-20-30)34-25-40-35-24-27-14-11-10-13-26(27)23-31(34)35;25-20-11-6-12-21(24(20)26)27(18-9-2-1-3-10-18)22-15-28-23-14-17-8-5-4-7-16(17)13-19(22)23;1-3-7-11(8-4-1)13-12-9-5-2-6-10-12/h1-25H;1-15H;1-10,13H. The number of hydrogen-bond donors (Lipinski definition) is 1. The first-order valence-electron chi connectivity index (χ1n) is 26.5. The highest BCUT2D eigenvalue weighted by molar-refractivity contribution is 6.44. The summed E-state index contributed by atoms with van der Waals surface area (Å²) >= 11 is 20.3. The van der Waals surface area contributed by atoms with Crippen LogP contribution in [0.1, 0.15) is 0 Å². The Labute approximate surface area is 485 Å². The van der Waals surface area contributed by atoms with Gasteiger partial charge < -0.3 is 28.9 Å². The number of hydrogen-bond acceptors (Lipinski definition) is 6. The third kappa shape index (κ3) is 11.3. The van der Waals surface area contributed by atoms with Gasteiger partial charge in [0.25, 0.3) is 0 Å². The van der Waals surface area contributed by atoms with E-state index in [-0.39, 0.29) is 0 Å². The Morgan fingerprint density at radius 3 is 0.975 bits per heavy atom. The van der Waals surface area contributed by atoms with Crippen molar-refractivity contribution in [3.8, 4) is 0 Å². The van der Waals surface area contributed by atoms with Gasteiger partial charge in [-0.15, -0.1) is 0 Å². The molecule has 392 valence electrons. The van der Waals surface area contributed by atoms with Crippen LogP contribution in [0.5, 0.6) is 0 Å². The fourth-order valence-electron chi connectivity index (χ4n) is 10.0. The molecule has 81 heavy (non-hydrogen) atoms. The summed E-state index contributed by atoms with van der Waals surface area (Å²) in [5.41, 5.74) is 12.3. The SMILES string of the molecule is Clc1c(N(c2ccccc2)c2ccccc2)cccc1N(c1ccccc1)c1coc2cc3ccccc3cc12.Clc1cccc(N(c2ccccc2)c2coc3cc4ccccc4cc23)c1Cl.c1ccc(Nc2ccccc2)cc1. The molecule has 0 unspecified atom stereocenters. The first kappa shape index (κ1) is 52.0. The number of para-hydroxylation sites is 6. The molecule has 0 saturated carbocycles. The lowest BCUT2D eigenvalue weighted by Crippen LogP contribution is -2.14. The Bertz CT molecular complexity index is 4300. The van der Waals surface area contributed by atoms with Crippen LogP contribution < -0.4 is 20.0 Å². The number of rotatable bonds is 11. The van der Waals surface area contributed by atoms with E-state index in [0.717, 1.165) is 106 Å². The third-order valence-corrected chi connectivity index (χ3v) is 15.0. The Kier molecular flexibility index (Phi) is 15.5. The maximum atomic E-state index is 7.40. The van der Waals surface area contributed by atoms with Gasteiger partial charge in [-0.25, -0.2) is 0 Å². The summed E-state index contributed by atoms with van der Waals surface area (Å²) < 4.78 is 12.1. The molecule has 6 nitrogen and oxygen atoms in total. The molecule has 14 rings (SSSR count). The molecule has 0 spiro atoms. The minimum Gasteiger partial charge on any atom is -0.462 e. The highest BCUT2D eigenvalue weighted by Crippen LogP contribution is 2.49.